The quantitative estimate of drug-likeness (QED) is 0.725. The van der Waals surface area contributed by atoms with E-state index >= 15 is 0 Å². The number of fused-ring (bicyclic) bond motifs is 1. The molecule has 0 amide bonds. The molecule has 0 spiro atoms. The largest absolute Gasteiger partial charge is 0.478 e. The first-order valence-electron chi connectivity index (χ1n) is 3.87. The molecule has 2 rings (SSSR count). The van der Waals surface area contributed by atoms with Gasteiger partial charge in [-0.05, 0) is 30.2 Å². The van der Waals surface area contributed by atoms with Crippen LogP contribution in [-0.2, 0) is 6.42 Å². The average molecular weight is 200 g/mol. The minimum absolute atomic E-state index is 0. The molecule has 0 atom stereocenters. The van der Waals surface area contributed by atoms with Crippen LogP contribution < -0.4 is 5.32 Å². The van der Waals surface area contributed by atoms with Crippen molar-refractivity contribution in [1.82, 2.24) is 0 Å². The van der Waals surface area contributed by atoms with Gasteiger partial charge in [0.25, 0.3) is 0 Å². The molecule has 0 unspecified atom stereocenters. The molecule has 0 radical (unpaired) electrons. The van der Waals surface area contributed by atoms with E-state index in [-0.39, 0.29) is 12.4 Å². The molecular weight excluding hydrogens is 190 g/mol. The van der Waals surface area contributed by atoms with E-state index in [0.29, 0.717) is 5.56 Å². The summed E-state index contributed by atoms with van der Waals surface area (Å²) in [5, 5.41) is 11.9. The molecular formula is C9H10ClNO2. The lowest BCUT2D eigenvalue weighted by atomic mass is 10.1. The number of carbonyl (C=O) groups is 1. The molecule has 1 aromatic carbocycles. The molecule has 0 aromatic heterocycles. The lowest BCUT2D eigenvalue weighted by Crippen LogP contribution is -1.96. The Hall–Kier alpha value is -1.22. The molecule has 1 aromatic rings. The third-order valence-corrected chi connectivity index (χ3v) is 2.06. The maximum Gasteiger partial charge on any atom is 0.335 e. The molecule has 1 heterocycles. The number of halogens is 1. The van der Waals surface area contributed by atoms with Gasteiger partial charge in [0.05, 0.1) is 5.56 Å². The highest BCUT2D eigenvalue weighted by molar-refractivity contribution is 5.88. The Kier molecular flexibility index (Phi) is 2.78. The van der Waals surface area contributed by atoms with Crippen LogP contribution in [0.15, 0.2) is 18.2 Å². The fourth-order valence-corrected chi connectivity index (χ4v) is 1.44. The third-order valence-electron chi connectivity index (χ3n) is 2.06. The van der Waals surface area contributed by atoms with Gasteiger partial charge >= 0.3 is 5.97 Å². The molecule has 2 N–H and O–H groups in total. The topological polar surface area (TPSA) is 49.3 Å². The highest BCUT2D eigenvalue weighted by atomic mass is 35.5. The predicted molar refractivity (Wildman–Crippen MR) is 52.8 cm³/mol. The zero-order valence-electron chi connectivity index (χ0n) is 6.91. The van der Waals surface area contributed by atoms with Crippen LogP contribution in [0.25, 0.3) is 0 Å². The van der Waals surface area contributed by atoms with Gasteiger partial charge in [0.2, 0.25) is 0 Å². The lowest BCUT2D eigenvalue weighted by molar-refractivity contribution is 0.0697. The highest BCUT2D eigenvalue weighted by Gasteiger charge is 2.11. The summed E-state index contributed by atoms with van der Waals surface area (Å²) in [5.74, 6) is -0.857. The Morgan fingerprint density at radius 2 is 2.23 bits per heavy atom. The number of anilines is 1. The number of carboxylic acid groups (broad SMARTS) is 1. The second-order valence-corrected chi connectivity index (χ2v) is 2.85. The van der Waals surface area contributed by atoms with Crippen LogP contribution in [-0.4, -0.2) is 17.6 Å². The zero-order valence-corrected chi connectivity index (χ0v) is 7.73. The third kappa shape index (κ3) is 1.75. The number of carboxylic acids is 1. The van der Waals surface area contributed by atoms with Gasteiger partial charge in [-0.1, -0.05) is 0 Å². The van der Waals surface area contributed by atoms with Crippen LogP contribution >= 0.6 is 12.4 Å². The summed E-state index contributed by atoms with van der Waals surface area (Å²) in [5.41, 5.74) is 2.55. The number of aromatic carboxylic acids is 1. The monoisotopic (exact) mass is 199 g/mol. The van der Waals surface area contributed by atoms with E-state index in [2.05, 4.69) is 5.32 Å². The number of nitrogens with one attached hydrogen (secondary N) is 1. The van der Waals surface area contributed by atoms with Crippen molar-refractivity contribution >= 4 is 24.1 Å². The van der Waals surface area contributed by atoms with Crippen LogP contribution in [0.3, 0.4) is 0 Å². The van der Waals surface area contributed by atoms with Crippen molar-refractivity contribution in [2.45, 2.75) is 6.42 Å². The van der Waals surface area contributed by atoms with Crippen LogP contribution in [0, 0.1) is 0 Å². The van der Waals surface area contributed by atoms with Gasteiger partial charge in [0, 0.05) is 12.2 Å². The fraction of sp³-hybridized carbons (Fsp3) is 0.222. The number of benzene rings is 1. The minimum atomic E-state index is -0.857. The Labute approximate surface area is 82.2 Å². The van der Waals surface area contributed by atoms with Crippen molar-refractivity contribution in [3.63, 3.8) is 0 Å². The van der Waals surface area contributed by atoms with E-state index in [1.165, 1.54) is 0 Å². The molecule has 1 aliphatic rings. The average Bonchev–Trinajstić information content (AvgIpc) is 2.49. The van der Waals surface area contributed by atoms with Gasteiger partial charge in [0.15, 0.2) is 0 Å². The molecule has 70 valence electrons. The van der Waals surface area contributed by atoms with Crippen molar-refractivity contribution in [3.05, 3.63) is 29.3 Å². The first-order valence-corrected chi connectivity index (χ1v) is 3.87. The van der Waals surface area contributed by atoms with Crippen molar-refractivity contribution in [2.75, 3.05) is 11.9 Å². The molecule has 4 heteroatoms. The standard InChI is InChI=1S/C9H9NO2.ClH/c11-9(12)7-1-2-8-6(5-7)3-4-10-8;/h1-2,5,10H,3-4H2,(H,11,12);1H. The first kappa shape index (κ1) is 9.86. The Morgan fingerprint density at radius 1 is 1.46 bits per heavy atom. The summed E-state index contributed by atoms with van der Waals surface area (Å²) < 4.78 is 0. The zero-order chi connectivity index (χ0) is 8.55. The molecule has 13 heavy (non-hydrogen) atoms. The van der Waals surface area contributed by atoms with Crippen LogP contribution in [0.2, 0.25) is 0 Å². The minimum Gasteiger partial charge on any atom is -0.478 e. The normalized spacial score (nSPS) is 12.6. The molecule has 1 aliphatic heterocycles. The van der Waals surface area contributed by atoms with E-state index in [4.69, 9.17) is 5.11 Å². The van der Waals surface area contributed by atoms with Gasteiger partial charge in [-0.15, -0.1) is 12.4 Å². The SMILES string of the molecule is Cl.O=C(O)c1ccc2c(c1)CCN2. The summed E-state index contributed by atoms with van der Waals surface area (Å²) >= 11 is 0. The van der Waals surface area contributed by atoms with Gasteiger partial charge in [0.1, 0.15) is 0 Å². The van der Waals surface area contributed by atoms with Crippen LogP contribution in [0.5, 0.6) is 0 Å². The van der Waals surface area contributed by atoms with Crippen LogP contribution in [0.4, 0.5) is 5.69 Å². The van der Waals surface area contributed by atoms with E-state index in [0.717, 1.165) is 24.2 Å². The van der Waals surface area contributed by atoms with Crippen LogP contribution in [0.1, 0.15) is 15.9 Å². The molecule has 3 nitrogen and oxygen atoms in total. The van der Waals surface area contributed by atoms with Gasteiger partial charge in [-0.3, -0.25) is 0 Å². The summed E-state index contributed by atoms with van der Waals surface area (Å²) in [6, 6.07) is 5.18. The second-order valence-electron chi connectivity index (χ2n) is 2.85. The summed E-state index contributed by atoms with van der Waals surface area (Å²) in [6.07, 6.45) is 0.927. The van der Waals surface area contributed by atoms with Gasteiger partial charge in [-0.2, -0.15) is 0 Å². The fourth-order valence-electron chi connectivity index (χ4n) is 1.44. The first-order chi connectivity index (χ1) is 5.77. The Morgan fingerprint density at radius 3 is 2.92 bits per heavy atom. The predicted octanol–water partition coefficient (Wildman–Crippen LogP) is 1.77. The van der Waals surface area contributed by atoms with Gasteiger partial charge < -0.3 is 10.4 Å². The number of rotatable bonds is 1. The molecule has 0 fully saturated rings. The van der Waals surface area contributed by atoms with E-state index in [1.807, 2.05) is 6.07 Å². The molecule has 0 saturated heterocycles. The number of hydrogen-bond donors (Lipinski definition) is 2. The van der Waals surface area contributed by atoms with Gasteiger partial charge in [-0.25, -0.2) is 4.79 Å². The summed E-state index contributed by atoms with van der Waals surface area (Å²) in [6.45, 7) is 0.915. The maximum absolute atomic E-state index is 10.6. The summed E-state index contributed by atoms with van der Waals surface area (Å²) in [7, 11) is 0. The maximum atomic E-state index is 10.6. The van der Waals surface area contributed by atoms with Crippen molar-refractivity contribution < 1.29 is 9.90 Å². The van der Waals surface area contributed by atoms with Crippen molar-refractivity contribution in [1.29, 1.82) is 0 Å². The second kappa shape index (κ2) is 3.66. The van der Waals surface area contributed by atoms with E-state index in [1.54, 1.807) is 12.1 Å². The molecule has 0 bridgehead atoms. The molecule has 0 saturated carbocycles. The lowest BCUT2D eigenvalue weighted by Gasteiger charge is -1.99. The number of hydrogen-bond acceptors (Lipinski definition) is 2. The highest BCUT2D eigenvalue weighted by Crippen LogP contribution is 2.22. The van der Waals surface area contributed by atoms with Crippen molar-refractivity contribution in [3.8, 4) is 0 Å². The Balaban J connectivity index is 0.000000845. The summed E-state index contributed by atoms with van der Waals surface area (Å²) in [4.78, 5) is 10.6. The Bertz CT molecular complexity index is 338. The van der Waals surface area contributed by atoms with E-state index in [9.17, 15) is 4.79 Å². The molecule has 0 aliphatic carbocycles. The van der Waals surface area contributed by atoms with Crippen molar-refractivity contribution in [2.24, 2.45) is 0 Å². The smallest absolute Gasteiger partial charge is 0.335 e. The van der Waals surface area contributed by atoms with E-state index < -0.39 is 5.97 Å².